The number of ether oxygens (including phenoxy) is 6. The molecule has 1 aliphatic heterocycles. The lowest BCUT2D eigenvalue weighted by Crippen LogP contribution is -2.63. The number of rotatable bonds is 7. The molecule has 0 saturated carbocycles. The zero-order valence-electron chi connectivity index (χ0n) is 18.0. The molecule has 182 valence electrons. The predicted molar refractivity (Wildman–Crippen MR) is 122 cm³/mol. The Balaban J connectivity index is 2.52. The van der Waals surface area contributed by atoms with E-state index in [1.165, 1.54) is 6.92 Å². The number of halogens is 3. The third-order valence-corrected chi connectivity index (χ3v) is 5.78. The van der Waals surface area contributed by atoms with Crippen LogP contribution in [-0.2, 0) is 42.9 Å². The molecule has 13 heteroatoms. The van der Waals surface area contributed by atoms with Gasteiger partial charge < -0.3 is 28.4 Å². The Labute approximate surface area is 214 Å². The van der Waals surface area contributed by atoms with Crippen LogP contribution in [-0.4, -0.2) is 61.2 Å². The molecule has 2 rings (SSSR count). The van der Waals surface area contributed by atoms with Gasteiger partial charge in [-0.1, -0.05) is 15.9 Å². The van der Waals surface area contributed by atoms with Crippen LogP contribution in [0.25, 0.3) is 0 Å². The zero-order chi connectivity index (χ0) is 24.9. The van der Waals surface area contributed by atoms with E-state index in [1.54, 1.807) is 12.1 Å². The largest absolute Gasteiger partial charge is 0.463 e. The summed E-state index contributed by atoms with van der Waals surface area (Å²) >= 11 is 10.1. The number of carbonyl (C=O) groups excluding carboxylic acids is 4. The van der Waals surface area contributed by atoms with Gasteiger partial charge in [-0.15, -0.1) is 0 Å². The summed E-state index contributed by atoms with van der Waals surface area (Å²) in [6.45, 7) is 4.29. The van der Waals surface area contributed by atoms with Crippen molar-refractivity contribution in [1.82, 2.24) is 0 Å². The van der Waals surface area contributed by atoms with Gasteiger partial charge in [0.1, 0.15) is 12.7 Å². The predicted octanol–water partition coefficient (Wildman–Crippen LogP) is 3.44. The van der Waals surface area contributed by atoms with Gasteiger partial charge in [0, 0.05) is 32.2 Å². The molecule has 33 heavy (non-hydrogen) atoms. The minimum absolute atomic E-state index is 0.291. The summed E-state index contributed by atoms with van der Waals surface area (Å²) in [5, 5.41) is 0. The SMILES string of the molecule is CC(=O)OC[C@H]1O[C@@H](Oc2c(Br)cc(Br)cc2Br)[C@@H](OC(C)=O)[C@@H](OC(C)=O)[C@H]1OC(C)=O. The third kappa shape index (κ3) is 7.94. The highest BCUT2D eigenvalue weighted by Gasteiger charge is 2.53. The van der Waals surface area contributed by atoms with Crippen molar-refractivity contribution in [2.24, 2.45) is 0 Å². The molecule has 5 atom stereocenters. The summed E-state index contributed by atoms with van der Waals surface area (Å²) in [5.41, 5.74) is 0. The first-order valence-electron chi connectivity index (χ1n) is 9.50. The van der Waals surface area contributed by atoms with Gasteiger partial charge in [0.25, 0.3) is 0 Å². The molecule has 0 radical (unpaired) electrons. The lowest BCUT2D eigenvalue weighted by molar-refractivity contribution is -0.288. The summed E-state index contributed by atoms with van der Waals surface area (Å²) in [5.74, 6) is -2.48. The molecule has 1 aromatic carbocycles. The van der Waals surface area contributed by atoms with Crippen LogP contribution in [0, 0.1) is 0 Å². The Hall–Kier alpha value is -1.70. The molecule has 1 fully saturated rings. The van der Waals surface area contributed by atoms with Crippen molar-refractivity contribution in [3.63, 3.8) is 0 Å². The molecule has 0 aromatic heterocycles. The highest BCUT2D eigenvalue weighted by atomic mass is 79.9. The van der Waals surface area contributed by atoms with Crippen LogP contribution in [0.2, 0.25) is 0 Å². The highest BCUT2D eigenvalue weighted by molar-refractivity contribution is 9.11. The fraction of sp³-hybridized carbons (Fsp3) is 0.500. The number of hydrogen-bond acceptors (Lipinski definition) is 10. The van der Waals surface area contributed by atoms with Gasteiger partial charge in [-0.2, -0.15) is 0 Å². The van der Waals surface area contributed by atoms with Gasteiger partial charge in [-0.05, 0) is 44.0 Å². The Morgan fingerprint density at radius 3 is 1.76 bits per heavy atom. The molecule has 0 N–H and O–H groups in total. The fourth-order valence-corrected chi connectivity index (χ4v) is 5.49. The molecule has 1 aromatic rings. The van der Waals surface area contributed by atoms with Crippen molar-refractivity contribution >= 4 is 71.7 Å². The van der Waals surface area contributed by atoms with Gasteiger partial charge in [0.2, 0.25) is 12.4 Å². The van der Waals surface area contributed by atoms with E-state index in [9.17, 15) is 19.2 Å². The molecule has 0 amide bonds. The lowest BCUT2D eigenvalue weighted by atomic mass is 9.98. The molecule has 0 bridgehead atoms. The van der Waals surface area contributed by atoms with Crippen molar-refractivity contribution in [3.05, 3.63) is 25.6 Å². The second-order valence-electron chi connectivity index (χ2n) is 6.88. The first-order valence-corrected chi connectivity index (χ1v) is 11.9. The third-order valence-electron chi connectivity index (χ3n) is 4.15. The Bertz CT molecular complexity index is 898. The average Bonchev–Trinajstić information content (AvgIpc) is 2.66. The van der Waals surface area contributed by atoms with Crippen LogP contribution in [0.1, 0.15) is 27.7 Å². The van der Waals surface area contributed by atoms with Crippen molar-refractivity contribution < 1.29 is 47.6 Å². The van der Waals surface area contributed by atoms with E-state index in [2.05, 4.69) is 47.8 Å². The first kappa shape index (κ1) is 27.5. The molecule has 10 nitrogen and oxygen atoms in total. The number of carbonyl (C=O) groups is 4. The molecule has 1 aliphatic rings. The molecule has 0 unspecified atom stereocenters. The minimum Gasteiger partial charge on any atom is -0.463 e. The molecule has 1 saturated heterocycles. The van der Waals surface area contributed by atoms with Crippen LogP contribution >= 0.6 is 47.8 Å². The van der Waals surface area contributed by atoms with E-state index in [0.717, 1.165) is 25.2 Å². The van der Waals surface area contributed by atoms with E-state index >= 15 is 0 Å². The van der Waals surface area contributed by atoms with E-state index in [4.69, 9.17) is 28.4 Å². The van der Waals surface area contributed by atoms with Crippen LogP contribution in [0.4, 0.5) is 0 Å². The number of hydrogen-bond donors (Lipinski definition) is 0. The van der Waals surface area contributed by atoms with E-state index < -0.39 is 54.6 Å². The van der Waals surface area contributed by atoms with Gasteiger partial charge in [-0.25, -0.2) is 0 Å². The van der Waals surface area contributed by atoms with Gasteiger partial charge in [0.15, 0.2) is 18.0 Å². The van der Waals surface area contributed by atoms with E-state index in [-0.39, 0.29) is 6.61 Å². The molecule has 1 heterocycles. The summed E-state index contributed by atoms with van der Waals surface area (Å²) in [4.78, 5) is 46.9. The Morgan fingerprint density at radius 2 is 1.27 bits per heavy atom. The number of esters is 4. The van der Waals surface area contributed by atoms with E-state index in [1.807, 2.05) is 0 Å². The Morgan fingerprint density at radius 1 is 0.788 bits per heavy atom. The first-order chi connectivity index (χ1) is 15.4. The number of benzene rings is 1. The standard InChI is InChI=1S/C20H21Br3O10/c1-8(24)28-7-15-17(29-9(2)25)18(30-10(3)26)19(31-11(4)27)20(32-15)33-16-13(22)5-12(21)6-14(16)23/h5-6,15,17-20H,7H2,1-4H3/t15-,17+,18+,19+,20+/m1/s1. The summed E-state index contributed by atoms with van der Waals surface area (Å²) in [6, 6.07) is 3.43. The fourth-order valence-electron chi connectivity index (χ4n) is 3.04. The summed E-state index contributed by atoms with van der Waals surface area (Å²) < 4.78 is 34.8. The maximum absolute atomic E-state index is 11.9. The van der Waals surface area contributed by atoms with E-state index in [0.29, 0.717) is 14.7 Å². The second-order valence-corrected chi connectivity index (χ2v) is 9.51. The smallest absolute Gasteiger partial charge is 0.303 e. The maximum atomic E-state index is 11.9. The van der Waals surface area contributed by atoms with Crippen LogP contribution in [0.5, 0.6) is 5.75 Å². The Kier molecular flexibility index (Phi) is 10.1. The quantitative estimate of drug-likeness (QED) is 0.317. The van der Waals surface area contributed by atoms with Crippen molar-refractivity contribution in [2.45, 2.75) is 58.4 Å². The van der Waals surface area contributed by atoms with Crippen LogP contribution < -0.4 is 4.74 Å². The normalized spacial score (nSPS) is 24.4. The molecule has 0 spiro atoms. The monoisotopic (exact) mass is 658 g/mol. The van der Waals surface area contributed by atoms with Gasteiger partial charge in [0.05, 0.1) is 8.95 Å². The lowest BCUT2D eigenvalue weighted by Gasteiger charge is -2.44. The second kappa shape index (κ2) is 12.1. The van der Waals surface area contributed by atoms with Crippen molar-refractivity contribution in [1.29, 1.82) is 0 Å². The van der Waals surface area contributed by atoms with Crippen LogP contribution in [0.3, 0.4) is 0 Å². The summed E-state index contributed by atoms with van der Waals surface area (Å²) in [7, 11) is 0. The average molecular weight is 661 g/mol. The molecule has 0 aliphatic carbocycles. The van der Waals surface area contributed by atoms with Crippen molar-refractivity contribution in [3.8, 4) is 5.75 Å². The summed E-state index contributed by atoms with van der Waals surface area (Å²) in [6.07, 6.45) is -6.34. The van der Waals surface area contributed by atoms with Gasteiger partial charge >= 0.3 is 23.9 Å². The zero-order valence-corrected chi connectivity index (χ0v) is 22.7. The minimum atomic E-state index is -1.33. The van der Waals surface area contributed by atoms with Crippen LogP contribution in [0.15, 0.2) is 25.6 Å². The van der Waals surface area contributed by atoms with Gasteiger partial charge in [-0.3, -0.25) is 19.2 Å². The van der Waals surface area contributed by atoms with Crippen molar-refractivity contribution in [2.75, 3.05) is 6.61 Å². The molecular formula is C20H21Br3O10. The topological polar surface area (TPSA) is 124 Å². The molecular weight excluding hydrogens is 640 g/mol. The highest BCUT2D eigenvalue weighted by Crippen LogP contribution is 2.39. The maximum Gasteiger partial charge on any atom is 0.303 e.